The summed E-state index contributed by atoms with van der Waals surface area (Å²) in [7, 11) is -3.39. The van der Waals surface area contributed by atoms with Crippen molar-refractivity contribution in [3.05, 3.63) is 0 Å². The van der Waals surface area contributed by atoms with Gasteiger partial charge in [0.25, 0.3) is 0 Å². The molecule has 142 valence electrons. The summed E-state index contributed by atoms with van der Waals surface area (Å²) in [6.45, 7) is 3.34. The zero-order valence-electron chi connectivity index (χ0n) is 14.8. The van der Waals surface area contributed by atoms with E-state index in [1.54, 1.807) is 4.90 Å². The average molecular weight is 372 g/mol. The van der Waals surface area contributed by atoms with Crippen molar-refractivity contribution in [2.45, 2.75) is 57.9 Å². The highest BCUT2D eigenvalue weighted by Gasteiger charge is 2.59. The molecule has 1 N–H and O–H groups in total. The van der Waals surface area contributed by atoms with Crippen LogP contribution in [0.1, 0.15) is 51.9 Å². The van der Waals surface area contributed by atoms with Crippen molar-refractivity contribution in [3.63, 3.8) is 0 Å². The van der Waals surface area contributed by atoms with Gasteiger partial charge in [-0.25, -0.2) is 8.42 Å². The molecular weight excluding hydrogens is 344 g/mol. The van der Waals surface area contributed by atoms with Crippen LogP contribution in [0.2, 0.25) is 0 Å². The maximum Gasteiger partial charge on any atom is 0.307 e. The first-order chi connectivity index (χ1) is 11.8. The third kappa shape index (κ3) is 3.56. The van der Waals surface area contributed by atoms with Crippen molar-refractivity contribution in [1.29, 1.82) is 0 Å². The summed E-state index contributed by atoms with van der Waals surface area (Å²) in [5.41, 5.74) is -0.122. The molecule has 0 radical (unpaired) electrons. The van der Waals surface area contributed by atoms with Gasteiger partial charge in [-0.05, 0) is 43.9 Å². The van der Waals surface area contributed by atoms with E-state index in [4.69, 9.17) is 0 Å². The minimum Gasteiger partial charge on any atom is -0.481 e. The van der Waals surface area contributed by atoms with Crippen LogP contribution in [-0.4, -0.2) is 66.0 Å². The quantitative estimate of drug-likeness (QED) is 0.785. The van der Waals surface area contributed by atoms with E-state index in [2.05, 4.69) is 0 Å². The number of likely N-dealkylation sites (tertiary alicyclic amines) is 1. The van der Waals surface area contributed by atoms with E-state index in [1.807, 2.05) is 6.92 Å². The number of hydrogen-bond donors (Lipinski definition) is 1. The van der Waals surface area contributed by atoms with E-state index in [-0.39, 0.29) is 23.0 Å². The molecule has 2 atom stereocenters. The summed E-state index contributed by atoms with van der Waals surface area (Å²) < 4.78 is 26.4. The number of amides is 1. The fourth-order valence-corrected chi connectivity index (χ4v) is 6.23. The maximum atomic E-state index is 13.0. The molecule has 7 nitrogen and oxygen atoms in total. The van der Waals surface area contributed by atoms with Crippen molar-refractivity contribution in [2.75, 3.05) is 25.4 Å². The Balaban J connectivity index is 1.65. The SMILES string of the molecule is CCCS(=O)(=O)N1CCCCC1C(=O)N1CCC2(CC1)CC2C(=O)O. The van der Waals surface area contributed by atoms with Crippen molar-refractivity contribution in [3.8, 4) is 0 Å². The molecule has 2 heterocycles. The Morgan fingerprint density at radius 1 is 1.16 bits per heavy atom. The molecular formula is C17H28N2O5S. The van der Waals surface area contributed by atoms with Gasteiger partial charge >= 0.3 is 5.97 Å². The molecule has 25 heavy (non-hydrogen) atoms. The molecule has 0 bridgehead atoms. The van der Waals surface area contributed by atoms with Crippen molar-refractivity contribution < 1.29 is 23.1 Å². The lowest BCUT2D eigenvalue weighted by molar-refractivity contribution is -0.140. The van der Waals surface area contributed by atoms with Crippen LogP contribution in [0.3, 0.4) is 0 Å². The number of piperidine rings is 2. The van der Waals surface area contributed by atoms with Crippen LogP contribution >= 0.6 is 0 Å². The molecule has 1 saturated carbocycles. The first-order valence-electron chi connectivity index (χ1n) is 9.32. The van der Waals surface area contributed by atoms with E-state index < -0.39 is 22.0 Å². The third-order valence-electron chi connectivity index (χ3n) is 6.12. The lowest BCUT2D eigenvalue weighted by Crippen LogP contribution is -2.55. The molecule has 3 aliphatic rings. The molecule has 2 unspecified atom stereocenters. The number of sulfonamides is 1. The Hall–Kier alpha value is -1.15. The van der Waals surface area contributed by atoms with Crippen molar-refractivity contribution >= 4 is 21.9 Å². The Morgan fingerprint density at radius 3 is 2.40 bits per heavy atom. The number of carbonyl (C=O) groups is 2. The first-order valence-corrected chi connectivity index (χ1v) is 10.9. The Labute approximate surface area is 149 Å². The predicted octanol–water partition coefficient (Wildman–Crippen LogP) is 1.29. The minimum atomic E-state index is -3.39. The number of hydrogen-bond acceptors (Lipinski definition) is 4. The van der Waals surface area contributed by atoms with E-state index in [0.717, 1.165) is 12.8 Å². The highest BCUT2D eigenvalue weighted by Crippen LogP contribution is 2.59. The Morgan fingerprint density at radius 2 is 1.84 bits per heavy atom. The van der Waals surface area contributed by atoms with E-state index in [1.165, 1.54) is 4.31 Å². The van der Waals surface area contributed by atoms with Gasteiger partial charge in [0.15, 0.2) is 0 Å². The van der Waals surface area contributed by atoms with Crippen LogP contribution < -0.4 is 0 Å². The van der Waals surface area contributed by atoms with Crippen LogP contribution in [0.4, 0.5) is 0 Å². The molecule has 8 heteroatoms. The summed E-state index contributed by atoms with van der Waals surface area (Å²) >= 11 is 0. The van der Waals surface area contributed by atoms with Gasteiger partial charge < -0.3 is 10.0 Å². The molecule has 3 rings (SSSR count). The summed E-state index contributed by atoms with van der Waals surface area (Å²) in [5.74, 6) is -1.01. The molecule has 0 aromatic carbocycles. The smallest absolute Gasteiger partial charge is 0.307 e. The molecule has 2 aliphatic heterocycles. The van der Waals surface area contributed by atoms with Gasteiger partial charge in [-0.1, -0.05) is 13.3 Å². The zero-order valence-corrected chi connectivity index (χ0v) is 15.6. The molecule has 1 spiro atoms. The van der Waals surface area contributed by atoms with Gasteiger partial charge in [0.2, 0.25) is 15.9 Å². The third-order valence-corrected chi connectivity index (χ3v) is 8.19. The number of nitrogens with zero attached hydrogens (tertiary/aromatic N) is 2. The van der Waals surface area contributed by atoms with E-state index in [0.29, 0.717) is 51.7 Å². The Kier molecular flexibility index (Phi) is 5.12. The molecule has 1 amide bonds. The maximum absolute atomic E-state index is 13.0. The highest BCUT2D eigenvalue weighted by molar-refractivity contribution is 7.89. The standard InChI is InChI=1S/C17H28N2O5S/c1-2-11-25(23,24)19-8-4-3-5-14(19)15(20)18-9-6-17(7-10-18)12-13(17)16(21)22/h13-14H,2-12H2,1H3,(H,21,22). The van der Waals surface area contributed by atoms with Gasteiger partial charge in [-0.3, -0.25) is 9.59 Å². The first kappa shape index (κ1) is 18.6. The number of carbonyl (C=O) groups excluding carboxylic acids is 1. The summed E-state index contributed by atoms with van der Waals surface area (Å²) in [6.07, 6.45) is 4.94. The predicted molar refractivity (Wildman–Crippen MR) is 92.4 cm³/mol. The number of rotatable bonds is 5. The molecule has 1 aliphatic carbocycles. The lowest BCUT2D eigenvalue weighted by atomic mass is 9.90. The second kappa shape index (κ2) is 6.87. The fraction of sp³-hybridized carbons (Fsp3) is 0.882. The van der Waals surface area contributed by atoms with Crippen LogP contribution in [0, 0.1) is 11.3 Å². The van der Waals surface area contributed by atoms with Crippen LogP contribution in [-0.2, 0) is 19.6 Å². The average Bonchev–Trinajstić information content (AvgIpc) is 3.29. The molecule has 2 saturated heterocycles. The van der Waals surface area contributed by atoms with E-state index in [9.17, 15) is 23.1 Å². The summed E-state index contributed by atoms with van der Waals surface area (Å²) in [5, 5.41) is 9.17. The normalized spacial score (nSPS) is 29.6. The number of carboxylic acids is 1. The van der Waals surface area contributed by atoms with Crippen LogP contribution in [0.15, 0.2) is 0 Å². The monoisotopic (exact) mass is 372 g/mol. The van der Waals surface area contributed by atoms with Gasteiger partial charge in [0, 0.05) is 19.6 Å². The lowest BCUT2D eigenvalue weighted by Gasteiger charge is -2.39. The fourth-order valence-electron chi connectivity index (χ4n) is 4.49. The van der Waals surface area contributed by atoms with Gasteiger partial charge in [-0.15, -0.1) is 0 Å². The Bertz CT molecular complexity index is 639. The minimum absolute atomic E-state index is 0.0835. The molecule has 0 aromatic rings. The topological polar surface area (TPSA) is 95.0 Å². The number of carboxylic acid groups (broad SMARTS) is 1. The summed E-state index contributed by atoms with van der Waals surface area (Å²) in [6, 6.07) is -0.575. The largest absolute Gasteiger partial charge is 0.481 e. The van der Waals surface area contributed by atoms with E-state index >= 15 is 0 Å². The van der Waals surface area contributed by atoms with Crippen LogP contribution in [0.25, 0.3) is 0 Å². The van der Waals surface area contributed by atoms with Gasteiger partial charge in [0.1, 0.15) is 6.04 Å². The van der Waals surface area contributed by atoms with Gasteiger partial charge in [0.05, 0.1) is 11.7 Å². The summed E-state index contributed by atoms with van der Waals surface area (Å²) in [4.78, 5) is 25.9. The van der Waals surface area contributed by atoms with Crippen molar-refractivity contribution in [2.24, 2.45) is 11.3 Å². The highest BCUT2D eigenvalue weighted by atomic mass is 32.2. The second-order valence-corrected chi connectivity index (χ2v) is 9.76. The van der Waals surface area contributed by atoms with Gasteiger partial charge in [-0.2, -0.15) is 4.31 Å². The molecule has 0 aromatic heterocycles. The number of aliphatic carboxylic acids is 1. The van der Waals surface area contributed by atoms with Crippen LogP contribution in [0.5, 0.6) is 0 Å². The second-order valence-electron chi connectivity index (χ2n) is 7.72. The molecule has 3 fully saturated rings. The van der Waals surface area contributed by atoms with Crippen molar-refractivity contribution in [1.82, 2.24) is 9.21 Å². The zero-order chi connectivity index (χ0) is 18.2.